The number of hydrogen-bond donors (Lipinski definition) is 1. The summed E-state index contributed by atoms with van der Waals surface area (Å²) in [4.78, 5) is 24.4. The molecule has 0 aliphatic heterocycles. The number of Topliss-reactive ketones (excluding diaryl/α,β-unsaturated/α-hetero) is 1. The fourth-order valence-corrected chi connectivity index (χ4v) is 2.65. The Morgan fingerprint density at radius 3 is 2.14 bits per heavy atom. The molecule has 0 bridgehead atoms. The van der Waals surface area contributed by atoms with E-state index in [0.29, 0.717) is 18.8 Å². The maximum atomic E-state index is 12.3. The third kappa shape index (κ3) is 5.15. The van der Waals surface area contributed by atoms with Crippen LogP contribution in [0.5, 0.6) is 0 Å². The van der Waals surface area contributed by atoms with Crippen LogP contribution in [0.3, 0.4) is 0 Å². The topological polar surface area (TPSA) is 64.6 Å². The molecule has 0 unspecified atom stereocenters. The molecule has 0 aliphatic carbocycles. The Morgan fingerprint density at radius 1 is 1.14 bits per heavy atom. The van der Waals surface area contributed by atoms with Crippen molar-refractivity contribution >= 4 is 43.6 Å². The predicted octanol–water partition coefficient (Wildman–Crippen LogP) is 2.91. The first-order valence-corrected chi connectivity index (χ1v) is 8.81. The van der Waals surface area contributed by atoms with Crippen LogP contribution in [-0.2, 0) is 14.3 Å². The number of nitrogens with one attached hydrogen (secondary N) is 1. The molecule has 0 radical (unpaired) electrons. The molecule has 0 saturated heterocycles. The molecule has 1 rings (SSSR count). The van der Waals surface area contributed by atoms with Crippen LogP contribution < -0.4 is 5.32 Å². The first-order valence-electron chi connectivity index (χ1n) is 6.90. The first kappa shape index (κ1) is 19.3. The lowest BCUT2D eigenvalue weighted by Gasteiger charge is -2.29. The highest BCUT2D eigenvalue weighted by Gasteiger charge is 2.39. The molecule has 0 saturated carbocycles. The molecule has 1 N–H and O–H groups in total. The van der Waals surface area contributed by atoms with E-state index in [1.807, 2.05) is 0 Å². The van der Waals surface area contributed by atoms with E-state index in [1.54, 1.807) is 38.1 Å². The summed E-state index contributed by atoms with van der Waals surface area (Å²) < 4.78 is 11.8. The number of amides is 1. The van der Waals surface area contributed by atoms with Gasteiger partial charge in [0.15, 0.2) is 5.78 Å². The third-order valence-corrected chi connectivity index (χ3v) is 4.12. The quantitative estimate of drug-likeness (QED) is 0.367. The molecule has 1 aromatic carbocycles. The van der Waals surface area contributed by atoms with Crippen LogP contribution in [0.25, 0.3) is 0 Å². The number of benzene rings is 1. The number of halogens is 2. The lowest BCUT2D eigenvalue weighted by molar-refractivity contribution is -0.215. The number of alkyl halides is 1. The van der Waals surface area contributed by atoms with Gasteiger partial charge in [-0.25, -0.2) is 0 Å². The molecule has 7 heteroatoms. The van der Waals surface area contributed by atoms with Crippen LogP contribution in [0.4, 0.5) is 0 Å². The van der Waals surface area contributed by atoms with Gasteiger partial charge in [0.25, 0.3) is 11.7 Å². The van der Waals surface area contributed by atoms with Gasteiger partial charge in [-0.3, -0.25) is 9.59 Å². The Balaban J connectivity index is 2.69. The minimum Gasteiger partial charge on any atom is -0.344 e. The molecule has 22 heavy (non-hydrogen) atoms. The van der Waals surface area contributed by atoms with Crippen LogP contribution in [0.15, 0.2) is 28.7 Å². The summed E-state index contributed by atoms with van der Waals surface area (Å²) in [6, 6.07) is 6.94. The highest BCUT2D eigenvalue weighted by Crippen LogP contribution is 2.17. The van der Waals surface area contributed by atoms with Gasteiger partial charge in [0.1, 0.15) is 0 Å². The second kappa shape index (κ2) is 9.39. The van der Waals surface area contributed by atoms with E-state index in [0.717, 1.165) is 4.47 Å². The fourth-order valence-electron chi connectivity index (χ4n) is 1.81. The van der Waals surface area contributed by atoms with Crippen molar-refractivity contribution in [1.82, 2.24) is 5.32 Å². The maximum Gasteiger partial charge on any atom is 0.281 e. The van der Waals surface area contributed by atoms with E-state index < -0.39 is 11.7 Å². The molecule has 0 atom stereocenters. The molecule has 5 nitrogen and oxygen atoms in total. The van der Waals surface area contributed by atoms with Crippen molar-refractivity contribution in [3.63, 3.8) is 0 Å². The SMILES string of the molecule is CCOC(CBr)(OCC)C(=O)NCC(=O)c1ccc(Br)cc1. The summed E-state index contributed by atoms with van der Waals surface area (Å²) >= 11 is 6.54. The molecule has 1 amide bonds. The largest absolute Gasteiger partial charge is 0.344 e. The van der Waals surface area contributed by atoms with Crippen molar-refractivity contribution < 1.29 is 19.1 Å². The lowest BCUT2D eigenvalue weighted by atomic mass is 10.1. The van der Waals surface area contributed by atoms with Crippen LogP contribution in [0, 0.1) is 0 Å². The van der Waals surface area contributed by atoms with Crippen LogP contribution >= 0.6 is 31.9 Å². The van der Waals surface area contributed by atoms with E-state index in [1.165, 1.54) is 0 Å². The smallest absolute Gasteiger partial charge is 0.281 e. The second-order valence-corrected chi connectivity index (χ2v) is 5.84. The monoisotopic (exact) mass is 435 g/mol. The summed E-state index contributed by atoms with van der Waals surface area (Å²) in [5.41, 5.74) is 0.528. The van der Waals surface area contributed by atoms with Crippen LogP contribution in [-0.4, -0.2) is 42.6 Å². The van der Waals surface area contributed by atoms with Crippen molar-refractivity contribution in [2.75, 3.05) is 25.1 Å². The maximum absolute atomic E-state index is 12.3. The molecular formula is C15H19Br2NO4. The van der Waals surface area contributed by atoms with Gasteiger partial charge < -0.3 is 14.8 Å². The zero-order chi connectivity index (χ0) is 16.6. The van der Waals surface area contributed by atoms with Gasteiger partial charge in [-0.15, -0.1) is 0 Å². The van der Waals surface area contributed by atoms with Crippen molar-refractivity contribution in [3.05, 3.63) is 34.3 Å². The molecule has 0 spiro atoms. The summed E-state index contributed by atoms with van der Waals surface area (Å²) in [6.45, 7) is 4.07. The third-order valence-electron chi connectivity index (χ3n) is 2.85. The second-order valence-electron chi connectivity index (χ2n) is 4.37. The van der Waals surface area contributed by atoms with Crippen LogP contribution in [0.1, 0.15) is 24.2 Å². The summed E-state index contributed by atoms with van der Waals surface area (Å²) in [5, 5.41) is 2.76. The minimum absolute atomic E-state index is 0.116. The fraction of sp³-hybridized carbons (Fsp3) is 0.467. The molecule has 122 valence electrons. The van der Waals surface area contributed by atoms with Gasteiger partial charge in [-0.2, -0.15) is 0 Å². The zero-order valence-corrected chi connectivity index (χ0v) is 15.7. The van der Waals surface area contributed by atoms with E-state index in [9.17, 15) is 9.59 Å². The summed E-state index contributed by atoms with van der Waals surface area (Å²) in [5.74, 6) is -2.07. The normalized spacial score (nSPS) is 11.3. The molecule has 0 aliphatic rings. The van der Waals surface area contributed by atoms with Gasteiger partial charge in [-0.1, -0.05) is 44.0 Å². The first-order chi connectivity index (χ1) is 10.5. The zero-order valence-electron chi connectivity index (χ0n) is 12.5. The molecule has 0 heterocycles. The average molecular weight is 437 g/mol. The van der Waals surface area contributed by atoms with Crippen molar-refractivity contribution in [2.45, 2.75) is 19.6 Å². The molecular weight excluding hydrogens is 418 g/mol. The van der Waals surface area contributed by atoms with Gasteiger partial charge in [-0.05, 0) is 26.0 Å². The Hall–Kier alpha value is -0.760. The van der Waals surface area contributed by atoms with Gasteiger partial charge in [0.05, 0.1) is 11.9 Å². The molecule has 1 aromatic rings. The summed E-state index contributed by atoms with van der Waals surface area (Å²) in [7, 11) is 0. The Labute approximate surface area is 147 Å². The number of carbonyl (C=O) groups excluding carboxylic acids is 2. The Bertz CT molecular complexity index is 499. The minimum atomic E-state index is -1.41. The van der Waals surface area contributed by atoms with Crippen molar-refractivity contribution in [1.29, 1.82) is 0 Å². The average Bonchev–Trinajstić information content (AvgIpc) is 2.52. The van der Waals surface area contributed by atoms with E-state index in [2.05, 4.69) is 37.2 Å². The predicted molar refractivity (Wildman–Crippen MR) is 91.3 cm³/mol. The van der Waals surface area contributed by atoms with E-state index >= 15 is 0 Å². The highest BCUT2D eigenvalue weighted by atomic mass is 79.9. The lowest BCUT2D eigenvalue weighted by Crippen LogP contribution is -2.53. The molecule has 0 aromatic heterocycles. The number of carbonyl (C=O) groups is 2. The van der Waals surface area contributed by atoms with Crippen LogP contribution in [0.2, 0.25) is 0 Å². The Kier molecular flexibility index (Phi) is 8.24. The standard InChI is InChI=1S/C15H19Br2NO4/c1-3-21-15(10-16,22-4-2)14(20)18-9-13(19)11-5-7-12(17)8-6-11/h5-8H,3-4,9-10H2,1-2H3,(H,18,20). The highest BCUT2D eigenvalue weighted by molar-refractivity contribution is 9.10. The van der Waals surface area contributed by atoms with E-state index in [-0.39, 0.29) is 17.7 Å². The number of ketones is 1. The number of hydrogen-bond acceptors (Lipinski definition) is 4. The summed E-state index contributed by atoms with van der Waals surface area (Å²) in [6.07, 6.45) is 0. The molecule has 0 fully saturated rings. The number of ether oxygens (including phenoxy) is 2. The van der Waals surface area contributed by atoms with E-state index in [4.69, 9.17) is 9.47 Å². The van der Waals surface area contributed by atoms with Gasteiger partial charge >= 0.3 is 0 Å². The van der Waals surface area contributed by atoms with Crippen molar-refractivity contribution in [2.24, 2.45) is 0 Å². The van der Waals surface area contributed by atoms with Crippen molar-refractivity contribution in [3.8, 4) is 0 Å². The van der Waals surface area contributed by atoms with Gasteiger partial charge in [0.2, 0.25) is 0 Å². The number of rotatable bonds is 9. The van der Waals surface area contributed by atoms with Gasteiger partial charge in [0, 0.05) is 23.2 Å². The Morgan fingerprint density at radius 2 is 1.68 bits per heavy atom.